The molecule has 5 heteroatoms. The average molecular weight is 244 g/mol. The smallest absolute Gasteiger partial charge is 0.325 e. The third kappa shape index (κ3) is 4.18. The Morgan fingerprint density at radius 3 is 2.62 bits per heavy atom. The normalized spacial score (nSPS) is 12.2. The van der Waals surface area contributed by atoms with E-state index in [0.717, 1.165) is 5.56 Å². The minimum absolute atomic E-state index is 0.152. The van der Waals surface area contributed by atoms with Crippen LogP contribution in [0.3, 0.4) is 0 Å². The standard InChI is InChI=1S/C11H14ClNO3/c1-15-7-10(13)11(14)16-6-8-2-4-9(12)5-3-8/h2-5,10H,6-7,13H2,1H3. The van der Waals surface area contributed by atoms with Crippen LogP contribution in [0.5, 0.6) is 0 Å². The number of nitrogens with two attached hydrogens (primary N) is 1. The van der Waals surface area contributed by atoms with Gasteiger partial charge in [0.2, 0.25) is 0 Å². The minimum atomic E-state index is -0.739. The van der Waals surface area contributed by atoms with Gasteiger partial charge in [0, 0.05) is 12.1 Å². The number of rotatable bonds is 5. The predicted octanol–water partition coefficient (Wildman–Crippen LogP) is 1.36. The fourth-order valence-electron chi connectivity index (χ4n) is 1.09. The Hall–Kier alpha value is -1.10. The van der Waals surface area contributed by atoms with E-state index in [-0.39, 0.29) is 13.2 Å². The van der Waals surface area contributed by atoms with Crippen molar-refractivity contribution < 1.29 is 14.3 Å². The van der Waals surface area contributed by atoms with E-state index < -0.39 is 12.0 Å². The maximum Gasteiger partial charge on any atom is 0.325 e. The van der Waals surface area contributed by atoms with Gasteiger partial charge in [-0.3, -0.25) is 4.79 Å². The third-order valence-corrected chi connectivity index (χ3v) is 2.20. The van der Waals surface area contributed by atoms with Crippen LogP contribution in [-0.2, 0) is 20.9 Å². The molecule has 88 valence electrons. The summed E-state index contributed by atoms with van der Waals surface area (Å²) in [5.74, 6) is -0.475. The molecule has 0 spiro atoms. The number of benzene rings is 1. The van der Waals surface area contributed by atoms with Crippen LogP contribution in [0.1, 0.15) is 5.56 Å². The van der Waals surface area contributed by atoms with Crippen molar-refractivity contribution in [2.24, 2.45) is 5.73 Å². The lowest BCUT2D eigenvalue weighted by molar-refractivity contribution is -0.147. The quantitative estimate of drug-likeness (QED) is 0.794. The Kier molecular flexibility index (Phi) is 5.25. The summed E-state index contributed by atoms with van der Waals surface area (Å²) in [4.78, 5) is 11.3. The largest absolute Gasteiger partial charge is 0.460 e. The number of esters is 1. The molecule has 0 bridgehead atoms. The van der Waals surface area contributed by atoms with Gasteiger partial charge in [-0.2, -0.15) is 0 Å². The summed E-state index contributed by atoms with van der Waals surface area (Å²) in [5.41, 5.74) is 6.36. The minimum Gasteiger partial charge on any atom is -0.460 e. The first kappa shape index (κ1) is 13.0. The Morgan fingerprint density at radius 2 is 2.06 bits per heavy atom. The molecule has 1 unspecified atom stereocenters. The Labute approximate surface area is 99.3 Å². The van der Waals surface area contributed by atoms with Gasteiger partial charge in [0.05, 0.1) is 6.61 Å². The molecule has 0 heterocycles. The number of hydrogen-bond donors (Lipinski definition) is 1. The lowest BCUT2D eigenvalue weighted by Gasteiger charge is -2.10. The second-order valence-electron chi connectivity index (χ2n) is 3.30. The van der Waals surface area contributed by atoms with Gasteiger partial charge >= 0.3 is 5.97 Å². The zero-order valence-electron chi connectivity index (χ0n) is 8.98. The number of methoxy groups -OCH3 is 1. The van der Waals surface area contributed by atoms with Crippen LogP contribution < -0.4 is 5.73 Å². The maximum atomic E-state index is 11.3. The molecule has 0 aromatic heterocycles. The highest BCUT2D eigenvalue weighted by molar-refractivity contribution is 6.30. The predicted molar refractivity (Wildman–Crippen MR) is 61.1 cm³/mol. The summed E-state index contributed by atoms with van der Waals surface area (Å²) in [5, 5.41) is 0.645. The highest BCUT2D eigenvalue weighted by Gasteiger charge is 2.14. The number of carbonyl (C=O) groups is 1. The average Bonchev–Trinajstić information content (AvgIpc) is 2.28. The van der Waals surface area contributed by atoms with Crippen molar-refractivity contribution in [3.63, 3.8) is 0 Å². The van der Waals surface area contributed by atoms with E-state index in [2.05, 4.69) is 0 Å². The van der Waals surface area contributed by atoms with Crippen molar-refractivity contribution in [3.8, 4) is 0 Å². The molecule has 1 atom stereocenters. The topological polar surface area (TPSA) is 61.5 Å². The summed E-state index contributed by atoms with van der Waals surface area (Å²) >= 11 is 5.72. The van der Waals surface area contributed by atoms with E-state index in [1.165, 1.54) is 7.11 Å². The number of halogens is 1. The van der Waals surface area contributed by atoms with Crippen LogP contribution in [0.25, 0.3) is 0 Å². The highest BCUT2D eigenvalue weighted by atomic mass is 35.5. The van der Waals surface area contributed by atoms with Gasteiger partial charge in [-0.1, -0.05) is 23.7 Å². The van der Waals surface area contributed by atoms with E-state index in [4.69, 9.17) is 26.8 Å². The summed E-state index contributed by atoms with van der Waals surface area (Å²) < 4.78 is 9.74. The van der Waals surface area contributed by atoms with Crippen molar-refractivity contribution >= 4 is 17.6 Å². The van der Waals surface area contributed by atoms with Gasteiger partial charge in [-0.25, -0.2) is 0 Å². The molecule has 1 rings (SSSR count). The summed E-state index contributed by atoms with van der Waals surface area (Å²) in [7, 11) is 1.48. The van der Waals surface area contributed by atoms with E-state index in [1.807, 2.05) is 0 Å². The molecule has 0 aliphatic heterocycles. The molecule has 0 fully saturated rings. The fraction of sp³-hybridized carbons (Fsp3) is 0.364. The van der Waals surface area contributed by atoms with Crippen molar-refractivity contribution in [1.82, 2.24) is 0 Å². The van der Waals surface area contributed by atoms with Crippen LogP contribution in [0.15, 0.2) is 24.3 Å². The van der Waals surface area contributed by atoms with Gasteiger partial charge in [-0.05, 0) is 17.7 Å². The first-order valence-electron chi connectivity index (χ1n) is 4.79. The molecule has 0 saturated carbocycles. The highest BCUT2D eigenvalue weighted by Crippen LogP contribution is 2.10. The Balaban J connectivity index is 2.39. The van der Waals surface area contributed by atoms with E-state index in [0.29, 0.717) is 5.02 Å². The lowest BCUT2D eigenvalue weighted by Crippen LogP contribution is -2.36. The van der Waals surface area contributed by atoms with Crippen LogP contribution >= 0.6 is 11.6 Å². The van der Waals surface area contributed by atoms with Gasteiger partial charge in [-0.15, -0.1) is 0 Å². The Morgan fingerprint density at radius 1 is 1.44 bits per heavy atom. The third-order valence-electron chi connectivity index (χ3n) is 1.94. The molecule has 0 radical (unpaired) electrons. The van der Waals surface area contributed by atoms with E-state index in [9.17, 15) is 4.79 Å². The molecule has 4 nitrogen and oxygen atoms in total. The number of ether oxygens (including phenoxy) is 2. The molecule has 1 aromatic rings. The molecular weight excluding hydrogens is 230 g/mol. The molecule has 0 aliphatic rings. The van der Waals surface area contributed by atoms with Crippen LogP contribution in [0.2, 0.25) is 5.02 Å². The van der Waals surface area contributed by atoms with Gasteiger partial charge in [0.1, 0.15) is 12.6 Å². The Bertz CT molecular complexity index is 340. The molecule has 2 N–H and O–H groups in total. The van der Waals surface area contributed by atoms with Gasteiger partial charge in [0.25, 0.3) is 0 Å². The molecule has 0 amide bonds. The van der Waals surface area contributed by atoms with Crippen LogP contribution in [0, 0.1) is 0 Å². The van der Waals surface area contributed by atoms with Crippen LogP contribution in [0.4, 0.5) is 0 Å². The molecule has 16 heavy (non-hydrogen) atoms. The van der Waals surface area contributed by atoms with E-state index in [1.54, 1.807) is 24.3 Å². The maximum absolute atomic E-state index is 11.3. The molecular formula is C11H14ClNO3. The lowest BCUT2D eigenvalue weighted by atomic mass is 10.2. The fourth-order valence-corrected chi connectivity index (χ4v) is 1.22. The second kappa shape index (κ2) is 6.48. The van der Waals surface area contributed by atoms with Crippen molar-refractivity contribution in [2.45, 2.75) is 12.6 Å². The van der Waals surface area contributed by atoms with Crippen molar-refractivity contribution in [2.75, 3.05) is 13.7 Å². The summed E-state index contributed by atoms with van der Waals surface area (Å²) in [6.45, 7) is 0.340. The van der Waals surface area contributed by atoms with Gasteiger partial charge in [0.15, 0.2) is 0 Å². The first-order chi connectivity index (χ1) is 7.63. The zero-order chi connectivity index (χ0) is 12.0. The monoisotopic (exact) mass is 243 g/mol. The SMILES string of the molecule is COCC(N)C(=O)OCc1ccc(Cl)cc1. The van der Waals surface area contributed by atoms with Crippen LogP contribution in [-0.4, -0.2) is 25.7 Å². The number of hydrogen-bond acceptors (Lipinski definition) is 4. The van der Waals surface area contributed by atoms with Gasteiger partial charge < -0.3 is 15.2 Å². The zero-order valence-corrected chi connectivity index (χ0v) is 9.74. The van der Waals surface area contributed by atoms with Crippen molar-refractivity contribution in [3.05, 3.63) is 34.9 Å². The number of carbonyl (C=O) groups excluding carboxylic acids is 1. The van der Waals surface area contributed by atoms with E-state index >= 15 is 0 Å². The first-order valence-corrected chi connectivity index (χ1v) is 5.17. The molecule has 0 aliphatic carbocycles. The molecule has 1 aromatic carbocycles. The molecule has 0 saturated heterocycles. The second-order valence-corrected chi connectivity index (χ2v) is 3.73. The van der Waals surface area contributed by atoms with Crippen molar-refractivity contribution in [1.29, 1.82) is 0 Å². The summed E-state index contributed by atoms with van der Waals surface area (Å²) in [6, 6.07) is 6.31. The summed E-state index contributed by atoms with van der Waals surface area (Å²) in [6.07, 6.45) is 0.